The van der Waals surface area contributed by atoms with Crippen molar-refractivity contribution in [3.05, 3.63) is 99.6 Å². The van der Waals surface area contributed by atoms with Crippen molar-refractivity contribution in [2.45, 2.75) is 45.7 Å². The van der Waals surface area contributed by atoms with Crippen LogP contribution < -0.4 is 0 Å². The number of benzene rings is 3. The second-order valence-corrected chi connectivity index (χ2v) is 12.6. The highest BCUT2D eigenvalue weighted by Gasteiger charge is 2.32. The van der Waals surface area contributed by atoms with Crippen molar-refractivity contribution in [2.24, 2.45) is 5.92 Å². The molecule has 1 N–H and O–H groups in total. The van der Waals surface area contributed by atoms with Crippen molar-refractivity contribution in [1.29, 1.82) is 0 Å². The molecule has 5 aromatic rings. The van der Waals surface area contributed by atoms with Gasteiger partial charge in [-0.1, -0.05) is 80.0 Å². The highest BCUT2D eigenvalue weighted by molar-refractivity contribution is 7.21. The van der Waals surface area contributed by atoms with Crippen LogP contribution in [0.25, 0.3) is 21.1 Å². The van der Waals surface area contributed by atoms with E-state index in [0.29, 0.717) is 22.9 Å². The molecule has 40 heavy (non-hydrogen) atoms. The van der Waals surface area contributed by atoms with Gasteiger partial charge in [0.1, 0.15) is 10.7 Å². The quantitative estimate of drug-likeness (QED) is 0.195. The Hall–Kier alpha value is -3.19. The maximum atomic E-state index is 14.5. The number of para-hydroxylation sites is 2. The summed E-state index contributed by atoms with van der Waals surface area (Å²) in [5, 5.41) is 1.47. The number of fused-ring (bicyclic) bond motifs is 2. The number of amides is 1. The number of halogens is 1. The molecule has 0 bridgehead atoms. The second-order valence-electron chi connectivity index (χ2n) is 11.2. The standard InChI is InChI=1S/C33H35ClN4OS/c1-22(2)20-38(33(39)31-30(34)25-13-5-8-16-29(25)40-31)28(32-35-26-14-6-7-15-27(26)36-32)19-23-11-3-4-12-24(23)21-37-17-9-10-18-37/h3-8,11-16,22,28H,9-10,17-21H2,1-2H3,(H,35,36). The number of hydrogen-bond donors (Lipinski definition) is 1. The van der Waals surface area contributed by atoms with E-state index in [2.05, 4.69) is 48.0 Å². The molecule has 2 aromatic heterocycles. The third-order valence-electron chi connectivity index (χ3n) is 7.78. The average Bonchev–Trinajstić information content (AvgIpc) is 3.70. The molecule has 1 aliphatic rings. The van der Waals surface area contributed by atoms with Crippen molar-refractivity contribution in [3.63, 3.8) is 0 Å². The van der Waals surface area contributed by atoms with Crippen molar-refractivity contribution in [3.8, 4) is 0 Å². The number of nitrogens with zero attached hydrogens (tertiary/aromatic N) is 3. The van der Waals surface area contributed by atoms with E-state index < -0.39 is 0 Å². The van der Waals surface area contributed by atoms with Crippen LogP contribution in [0.5, 0.6) is 0 Å². The van der Waals surface area contributed by atoms with Gasteiger partial charge in [0.15, 0.2) is 0 Å². The molecule has 1 saturated heterocycles. The van der Waals surface area contributed by atoms with E-state index in [1.807, 2.05) is 53.4 Å². The van der Waals surface area contributed by atoms with Crippen LogP contribution in [0.2, 0.25) is 5.02 Å². The lowest BCUT2D eigenvalue weighted by molar-refractivity contribution is 0.0644. The van der Waals surface area contributed by atoms with Gasteiger partial charge < -0.3 is 9.88 Å². The van der Waals surface area contributed by atoms with E-state index >= 15 is 0 Å². The topological polar surface area (TPSA) is 52.2 Å². The Morgan fingerprint density at radius 3 is 2.45 bits per heavy atom. The molecule has 6 rings (SSSR count). The van der Waals surface area contributed by atoms with Crippen LogP contribution in [0.3, 0.4) is 0 Å². The van der Waals surface area contributed by atoms with Crippen molar-refractivity contribution in [1.82, 2.24) is 19.8 Å². The smallest absolute Gasteiger partial charge is 0.266 e. The second kappa shape index (κ2) is 11.7. The van der Waals surface area contributed by atoms with E-state index in [-0.39, 0.29) is 17.9 Å². The fourth-order valence-electron chi connectivity index (χ4n) is 5.81. The summed E-state index contributed by atoms with van der Waals surface area (Å²) in [5.41, 5.74) is 4.46. The highest BCUT2D eigenvalue weighted by atomic mass is 35.5. The Morgan fingerprint density at radius 2 is 1.70 bits per heavy atom. The summed E-state index contributed by atoms with van der Waals surface area (Å²) in [4.78, 5) is 28.2. The number of nitrogens with one attached hydrogen (secondary N) is 1. The Morgan fingerprint density at radius 1 is 1.00 bits per heavy atom. The molecule has 1 atom stereocenters. The molecule has 3 heterocycles. The molecule has 5 nitrogen and oxygen atoms in total. The molecule has 1 unspecified atom stereocenters. The van der Waals surface area contributed by atoms with Gasteiger partial charge in [-0.25, -0.2) is 4.98 Å². The summed E-state index contributed by atoms with van der Waals surface area (Å²) in [5.74, 6) is 1.04. The fourth-order valence-corrected chi connectivity index (χ4v) is 7.28. The summed E-state index contributed by atoms with van der Waals surface area (Å²) in [6, 6.07) is 24.5. The minimum absolute atomic E-state index is 0.0395. The van der Waals surface area contributed by atoms with E-state index in [9.17, 15) is 4.79 Å². The maximum absolute atomic E-state index is 14.5. The van der Waals surface area contributed by atoms with Crippen LogP contribution in [0.4, 0.5) is 0 Å². The zero-order chi connectivity index (χ0) is 27.6. The SMILES string of the molecule is CC(C)CN(C(=O)c1sc2ccccc2c1Cl)C(Cc1ccccc1CN1CCCC1)c1nc2ccccc2[nH]1. The van der Waals surface area contributed by atoms with Gasteiger partial charge in [0.2, 0.25) is 0 Å². The number of rotatable bonds is 9. The first kappa shape index (κ1) is 27.0. The van der Waals surface area contributed by atoms with E-state index in [4.69, 9.17) is 16.6 Å². The first-order valence-corrected chi connectivity index (χ1v) is 15.4. The molecule has 0 aliphatic carbocycles. The maximum Gasteiger partial charge on any atom is 0.266 e. The number of hydrogen-bond acceptors (Lipinski definition) is 4. The Bertz CT molecular complexity index is 1600. The minimum atomic E-state index is -0.275. The van der Waals surface area contributed by atoms with Gasteiger partial charge in [-0.15, -0.1) is 11.3 Å². The predicted molar refractivity (Wildman–Crippen MR) is 166 cm³/mol. The zero-order valence-corrected chi connectivity index (χ0v) is 24.6. The molecular weight excluding hydrogens is 536 g/mol. The molecule has 0 saturated carbocycles. The van der Waals surface area contributed by atoms with E-state index in [1.165, 1.54) is 35.3 Å². The van der Waals surface area contributed by atoms with Crippen LogP contribution in [0, 0.1) is 5.92 Å². The van der Waals surface area contributed by atoms with Crippen LogP contribution in [0.1, 0.15) is 59.4 Å². The molecular formula is C33H35ClN4OS. The first-order valence-electron chi connectivity index (χ1n) is 14.2. The van der Waals surface area contributed by atoms with Gasteiger partial charge in [0.05, 0.1) is 22.1 Å². The van der Waals surface area contributed by atoms with Gasteiger partial charge in [-0.2, -0.15) is 0 Å². The lowest BCUT2D eigenvalue weighted by Gasteiger charge is -2.33. The normalized spacial score (nSPS) is 14.9. The number of carbonyl (C=O) groups is 1. The highest BCUT2D eigenvalue weighted by Crippen LogP contribution is 2.38. The summed E-state index contributed by atoms with van der Waals surface area (Å²) in [7, 11) is 0. The fraction of sp³-hybridized carbons (Fsp3) is 0.333. The largest absolute Gasteiger partial charge is 0.340 e. The third-order valence-corrected chi connectivity index (χ3v) is 9.44. The zero-order valence-electron chi connectivity index (χ0n) is 23.1. The monoisotopic (exact) mass is 570 g/mol. The number of imidazole rings is 1. The number of thiophene rings is 1. The third kappa shape index (κ3) is 5.53. The van der Waals surface area contributed by atoms with Crippen molar-refractivity contribution >= 4 is 50.0 Å². The lowest BCUT2D eigenvalue weighted by Crippen LogP contribution is -2.39. The molecule has 1 fully saturated rings. The van der Waals surface area contributed by atoms with Gasteiger partial charge in [0, 0.05) is 29.6 Å². The average molecular weight is 571 g/mol. The molecule has 1 aliphatic heterocycles. The number of aromatic nitrogens is 2. The predicted octanol–water partition coefficient (Wildman–Crippen LogP) is 8.11. The molecule has 206 valence electrons. The van der Waals surface area contributed by atoms with Crippen LogP contribution in [0.15, 0.2) is 72.8 Å². The summed E-state index contributed by atoms with van der Waals surface area (Å²) in [6.45, 7) is 8.13. The molecule has 0 spiro atoms. The summed E-state index contributed by atoms with van der Waals surface area (Å²) < 4.78 is 1.02. The van der Waals surface area contributed by atoms with Crippen LogP contribution in [-0.4, -0.2) is 45.3 Å². The summed E-state index contributed by atoms with van der Waals surface area (Å²) in [6.07, 6.45) is 3.19. The lowest BCUT2D eigenvalue weighted by atomic mass is 9.97. The number of likely N-dealkylation sites (tertiary alicyclic amines) is 1. The van der Waals surface area contributed by atoms with Crippen LogP contribution in [-0.2, 0) is 13.0 Å². The minimum Gasteiger partial charge on any atom is -0.340 e. The first-order chi connectivity index (χ1) is 19.5. The number of aromatic amines is 1. The Balaban J connectivity index is 1.44. The molecule has 1 amide bonds. The molecule has 0 radical (unpaired) electrons. The van der Waals surface area contributed by atoms with E-state index in [1.54, 1.807) is 0 Å². The van der Waals surface area contributed by atoms with Gasteiger partial charge >= 0.3 is 0 Å². The Kier molecular flexibility index (Phi) is 7.92. The number of H-pyrrole nitrogens is 1. The Labute approximate surface area is 244 Å². The molecule has 3 aromatic carbocycles. The van der Waals surface area contributed by atoms with Crippen LogP contribution >= 0.6 is 22.9 Å². The summed E-state index contributed by atoms with van der Waals surface area (Å²) >= 11 is 8.34. The van der Waals surface area contributed by atoms with E-state index in [0.717, 1.165) is 46.6 Å². The van der Waals surface area contributed by atoms with Crippen molar-refractivity contribution in [2.75, 3.05) is 19.6 Å². The van der Waals surface area contributed by atoms with Gasteiger partial charge in [0.25, 0.3) is 5.91 Å². The van der Waals surface area contributed by atoms with Crippen molar-refractivity contribution < 1.29 is 4.79 Å². The van der Waals surface area contributed by atoms with Gasteiger partial charge in [-0.3, -0.25) is 9.69 Å². The van der Waals surface area contributed by atoms with Gasteiger partial charge in [-0.05, 0) is 61.2 Å². The number of carbonyl (C=O) groups excluding carboxylic acids is 1. The molecule has 7 heteroatoms.